The average molecular weight is 285 g/mol. The van der Waals surface area contributed by atoms with E-state index in [2.05, 4.69) is 12.1 Å². The van der Waals surface area contributed by atoms with Gasteiger partial charge in [0.2, 0.25) is 0 Å². The van der Waals surface area contributed by atoms with Crippen LogP contribution < -0.4 is 0 Å². The molecule has 20 heavy (non-hydrogen) atoms. The van der Waals surface area contributed by atoms with Gasteiger partial charge in [-0.3, -0.25) is 0 Å². The number of hydrogen-bond donors (Lipinski definition) is 0. The molecule has 0 spiro atoms. The standard InChI is InChI=1S/C17H35NO2/c1-3-4-5-11-14-17(18-19)15-12-9-7-6-8-10-13-16-20-2/h17H,3-16H2,1-2H3. The molecule has 0 radical (unpaired) electrons. The van der Waals surface area contributed by atoms with Crippen LogP contribution in [0.4, 0.5) is 0 Å². The van der Waals surface area contributed by atoms with Crippen LogP contribution in [0.1, 0.15) is 90.4 Å². The molecule has 0 saturated carbocycles. The highest BCUT2D eigenvalue weighted by Crippen LogP contribution is 2.15. The number of unbranched alkanes of at least 4 members (excludes halogenated alkanes) is 9. The van der Waals surface area contributed by atoms with Crippen LogP contribution in [0.3, 0.4) is 0 Å². The Morgan fingerprint density at radius 1 is 0.800 bits per heavy atom. The minimum atomic E-state index is 0.0774. The third-order valence-corrected chi connectivity index (χ3v) is 3.93. The first-order valence-electron chi connectivity index (χ1n) is 8.66. The summed E-state index contributed by atoms with van der Waals surface area (Å²) in [5.74, 6) is 0. The van der Waals surface area contributed by atoms with Gasteiger partial charge in [-0.2, -0.15) is 4.91 Å². The van der Waals surface area contributed by atoms with Crippen molar-refractivity contribution in [3.8, 4) is 0 Å². The van der Waals surface area contributed by atoms with Gasteiger partial charge in [0.05, 0.1) is 6.04 Å². The zero-order valence-electron chi connectivity index (χ0n) is 13.7. The largest absolute Gasteiger partial charge is 0.385 e. The molecule has 0 saturated heterocycles. The van der Waals surface area contributed by atoms with Gasteiger partial charge in [-0.25, -0.2) is 0 Å². The lowest BCUT2D eigenvalue weighted by molar-refractivity contribution is 0.192. The minimum Gasteiger partial charge on any atom is -0.385 e. The molecule has 0 aliphatic rings. The first-order chi connectivity index (χ1) is 9.85. The normalized spacial score (nSPS) is 12.5. The van der Waals surface area contributed by atoms with Crippen LogP contribution in [0.2, 0.25) is 0 Å². The predicted molar refractivity (Wildman–Crippen MR) is 87.2 cm³/mol. The van der Waals surface area contributed by atoms with Crippen molar-refractivity contribution < 1.29 is 4.74 Å². The maximum absolute atomic E-state index is 10.8. The number of rotatable bonds is 16. The van der Waals surface area contributed by atoms with Gasteiger partial charge < -0.3 is 4.74 Å². The van der Waals surface area contributed by atoms with Crippen LogP contribution in [-0.4, -0.2) is 19.8 Å². The van der Waals surface area contributed by atoms with Crippen molar-refractivity contribution in [2.24, 2.45) is 5.18 Å². The van der Waals surface area contributed by atoms with Gasteiger partial charge in [0.25, 0.3) is 0 Å². The van der Waals surface area contributed by atoms with E-state index >= 15 is 0 Å². The highest BCUT2D eigenvalue weighted by molar-refractivity contribution is 4.65. The smallest absolute Gasteiger partial charge is 0.0919 e. The lowest BCUT2D eigenvalue weighted by atomic mass is 10.0. The Morgan fingerprint density at radius 2 is 1.30 bits per heavy atom. The van der Waals surface area contributed by atoms with Crippen LogP contribution in [0.15, 0.2) is 5.18 Å². The summed E-state index contributed by atoms with van der Waals surface area (Å²) in [6.45, 7) is 3.11. The molecule has 0 aliphatic heterocycles. The number of nitrogens with zero attached hydrogens (tertiary/aromatic N) is 1. The third-order valence-electron chi connectivity index (χ3n) is 3.93. The number of ether oxygens (including phenoxy) is 1. The van der Waals surface area contributed by atoms with Gasteiger partial charge in [0.1, 0.15) is 0 Å². The van der Waals surface area contributed by atoms with E-state index in [0.717, 1.165) is 19.4 Å². The zero-order valence-corrected chi connectivity index (χ0v) is 13.7. The molecule has 0 N–H and O–H groups in total. The van der Waals surface area contributed by atoms with E-state index in [1.165, 1.54) is 70.6 Å². The predicted octanol–water partition coefficient (Wildman–Crippen LogP) is 5.86. The number of methoxy groups -OCH3 is 1. The second-order valence-corrected chi connectivity index (χ2v) is 5.86. The summed E-state index contributed by atoms with van der Waals surface area (Å²) in [4.78, 5) is 10.8. The van der Waals surface area contributed by atoms with E-state index in [1.807, 2.05) is 0 Å². The van der Waals surface area contributed by atoms with Gasteiger partial charge >= 0.3 is 0 Å². The molecule has 0 aromatic carbocycles. The van der Waals surface area contributed by atoms with Gasteiger partial charge in [0.15, 0.2) is 0 Å². The second kappa shape index (κ2) is 16.6. The van der Waals surface area contributed by atoms with Crippen LogP contribution in [0.25, 0.3) is 0 Å². The zero-order chi connectivity index (χ0) is 14.9. The number of nitroso groups, excluding NO2 is 1. The fourth-order valence-corrected chi connectivity index (χ4v) is 2.57. The summed E-state index contributed by atoms with van der Waals surface area (Å²) in [6.07, 6.45) is 15.8. The van der Waals surface area contributed by atoms with E-state index < -0.39 is 0 Å². The monoisotopic (exact) mass is 285 g/mol. The maximum Gasteiger partial charge on any atom is 0.0919 e. The van der Waals surface area contributed by atoms with E-state index in [9.17, 15) is 4.91 Å². The van der Waals surface area contributed by atoms with Crippen molar-refractivity contribution >= 4 is 0 Å². The first-order valence-corrected chi connectivity index (χ1v) is 8.66. The van der Waals surface area contributed by atoms with Gasteiger partial charge in [0, 0.05) is 13.7 Å². The number of hydrogen-bond acceptors (Lipinski definition) is 3. The summed E-state index contributed by atoms with van der Waals surface area (Å²) in [6, 6.07) is 0.0774. The highest BCUT2D eigenvalue weighted by Gasteiger charge is 2.07. The van der Waals surface area contributed by atoms with Crippen LogP contribution >= 0.6 is 0 Å². The lowest BCUT2D eigenvalue weighted by Gasteiger charge is -2.08. The molecule has 3 heteroatoms. The van der Waals surface area contributed by atoms with Crippen LogP contribution in [0, 0.1) is 4.91 Å². The van der Waals surface area contributed by atoms with Crippen molar-refractivity contribution in [2.75, 3.05) is 13.7 Å². The Bertz CT molecular complexity index is 197. The Hall–Kier alpha value is -0.440. The van der Waals surface area contributed by atoms with E-state index in [1.54, 1.807) is 7.11 Å². The van der Waals surface area contributed by atoms with Gasteiger partial charge in [-0.1, -0.05) is 76.3 Å². The molecule has 120 valence electrons. The maximum atomic E-state index is 10.8. The Labute approximate surface area is 125 Å². The second-order valence-electron chi connectivity index (χ2n) is 5.86. The first kappa shape index (κ1) is 19.6. The van der Waals surface area contributed by atoms with Crippen LogP contribution in [-0.2, 0) is 4.74 Å². The Balaban J connectivity index is 3.27. The van der Waals surface area contributed by atoms with E-state index in [0.29, 0.717) is 0 Å². The van der Waals surface area contributed by atoms with Crippen molar-refractivity contribution in [1.29, 1.82) is 0 Å². The summed E-state index contributed by atoms with van der Waals surface area (Å²) < 4.78 is 5.03. The van der Waals surface area contributed by atoms with Crippen LogP contribution in [0.5, 0.6) is 0 Å². The minimum absolute atomic E-state index is 0.0774. The topological polar surface area (TPSA) is 38.7 Å². The average Bonchev–Trinajstić information content (AvgIpc) is 2.47. The molecule has 0 aliphatic carbocycles. The highest BCUT2D eigenvalue weighted by atomic mass is 16.5. The van der Waals surface area contributed by atoms with Gasteiger partial charge in [-0.15, -0.1) is 0 Å². The van der Waals surface area contributed by atoms with Crippen molar-refractivity contribution in [3.05, 3.63) is 4.91 Å². The van der Waals surface area contributed by atoms with Crippen molar-refractivity contribution in [3.63, 3.8) is 0 Å². The third kappa shape index (κ3) is 14.0. The Kier molecular flexibility index (Phi) is 16.2. The molecule has 0 aromatic heterocycles. The molecule has 1 atom stereocenters. The molecule has 1 unspecified atom stereocenters. The summed E-state index contributed by atoms with van der Waals surface area (Å²) >= 11 is 0. The van der Waals surface area contributed by atoms with Crippen molar-refractivity contribution in [2.45, 2.75) is 96.4 Å². The van der Waals surface area contributed by atoms with Gasteiger partial charge in [-0.05, 0) is 19.3 Å². The van der Waals surface area contributed by atoms with E-state index in [-0.39, 0.29) is 6.04 Å². The Morgan fingerprint density at radius 3 is 1.80 bits per heavy atom. The molecule has 0 bridgehead atoms. The molecular weight excluding hydrogens is 250 g/mol. The quantitative estimate of drug-likeness (QED) is 0.263. The molecular formula is C17H35NO2. The SMILES string of the molecule is CCCCCCC(CCCCCCCCCOC)N=O. The summed E-state index contributed by atoms with van der Waals surface area (Å²) in [5, 5.41) is 3.29. The lowest BCUT2D eigenvalue weighted by Crippen LogP contribution is -2.03. The molecule has 0 aromatic rings. The van der Waals surface area contributed by atoms with Crippen molar-refractivity contribution in [1.82, 2.24) is 0 Å². The molecule has 0 amide bonds. The van der Waals surface area contributed by atoms with E-state index in [4.69, 9.17) is 4.74 Å². The summed E-state index contributed by atoms with van der Waals surface area (Å²) in [5.41, 5.74) is 0. The molecule has 3 nitrogen and oxygen atoms in total. The fourth-order valence-electron chi connectivity index (χ4n) is 2.57. The summed E-state index contributed by atoms with van der Waals surface area (Å²) in [7, 11) is 1.76. The molecule has 0 fully saturated rings. The molecule has 0 heterocycles. The fraction of sp³-hybridized carbons (Fsp3) is 1.00. The molecule has 0 rings (SSSR count).